The molecule has 0 aliphatic carbocycles. The summed E-state index contributed by atoms with van der Waals surface area (Å²) in [7, 11) is 1.55. The second-order valence-electron chi connectivity index (χ2n) is 3.45. The number of ether oxygens (including phenoxy) is 2. The van der Waals surface area contributed by atoms with Crippen molar-refractivity contribution in [3.8, 4) is 23.4 Å². The highest BCUT2D eigenvalue weighted by molar-refractivity contribution is 5.51. The summed E-state index contributed by atoms with van der Waals surface area (Å²) in [6, 6.07) is 12.3. The highest BCUT2D eigenvalue weighted by Gasteiger charge is 2.07. The number of hydrogen-bond acceptors (Lipinski definition) is 5. The molecule has 1 heterocycles. The summed E-state index contributed by atoms with van der Waals surface area (Å²) < 4.78 is 10.7. The fraction of sp³-hybridized carbons (Fsp3) is 0.0769. The molecule has 1 aromatic carbocycles. The number of methoxy groups -OCH3 is 1. The Balaban J connectivity index is 2.32. The number of rotatable bonds is 3. The summed E-state index contributed by atoms with van der Waals surface area (Å²) in [6.07, 6.45) is 0. The highest BCUT2D eigenvalue weighted by Crippen LogP contribution is 2.30. The van der Waals surface area contributed by atoms with Crippen LogP contribution in [0, 0.1) is 11.3 Å². The Morgan fingerprint density at radius 1 is 1.17 bits per heavy atom. The number of nitrogens with zero attached hydrogens (tertiary/aromatic N) is 2. The lowest BCUT2D eigenvalue weighted by molar-refractivity contribution is 0.374. The first-order chi connectivity index (χ1) is 8.74. The average molecular weight is 241 g/mol. The van der Waals surface area contributed by atoms with Gasteiger partial charge in [-0.15, -0.1) is 0 Å². The van der Waals surface area contributed by atoms with Crippen LogP contribution in [-0.4, -0.2) is 12.1 Å². The first-order valence-electron chi connectivity index (χ1n) is 5.22. The van der Waals surface area contributed by atoms with Gasteiger partial charge in [0, 0.05) is 6.07 Å². The van der Waals surface area contributed by atoms with Gasteiger partial charge in [0.2, 0.25) is 5.88 Å². The van der Waals surface area contributed by atoms with Crippen LogP contribution in [0.1, 0.15) is 5.69 Å². The molecule has 2 aromatic rings. The van der Waals surface area contributed by atoms with E-state index in [2.05, 4.69) is 4.98 Å². The topological polar surface area (TPSA) is 81.2 Å². The molecule has 0 atom stereocenters. The first-order valence-corrected chi connectivity index (χ1v) is 5.22. The van der Waals surface area contributed by atoms with E-state index in [0.717, 1.165) is 0 Å². The van der Waals surface area contributed by atoms with E-state index in [-0.39, 0.29) is 5.69 Å². The molecule has 0 saturated carbocycles. The minimum Gasteiger partial charge on any atom is -0.493 e. The fourth-order valence-electron chi connectivity index (χ4n) is 1.41. The molecule has 0 saturated heterocycles. The van der Waals surface area contributed by atoms with Gasteiger partial charge in [-0.1, -0.05) is 12.1 Å². The molecule has 0 fully saturated rings. The molecule has 0 spiro atoms. The SMILES string of the molecule is COc1ccccc1Oc1ccc(N)c(C#N)n1. The van der Waals surface area contributed by atoms with Crippen molar-refractivity contribution in [2.45, 2.75) is 0 Å². The Morgan fingerprint density at radius 3 is 2.56 bits per heavy atom. The lowest BCUT2D eigenvalue weighted by atomic mass is 10.3. The zero-order valence-electron chi connectivity index (χ0n) is 9.75. The van der Waals surface area contributed by atoms with Crippen molar-refractivity contribution >= 4 is 5.69 Å². The number of nitrogen functional groups attached to an aromatic ring is 1. The van der Waals surface area contributed by atoms with E-state index in [9.17, 15) is 0 Å². The Morgan fingerprint density at radius 2 is 1.89 bits per heavy atom. The van der Waals surface area contributed by atoms with Gasteiger partial charge in [-0.3, -0.25) is 0 Å². The van der Waals surface area contributed by atoms with Gasteiger partial charge in [-0.25, -0.2) is 4.98 Å². The Bertz CT molecular complexity index is 605. The largest absolute Gasteiger partial charge is 0.493 e. The van der Waals surface area contributed by atoms with Gasteiger partial charge in [0.1, 0.15) is 6.07 Å². The van der Waals surface area contributed by atoms with E-state index in [4.69, 9.17) is 20.5 Å². The molecule has 18 heavy (non-hydrogen) atoms. The fourth-order valence-corrected chi connectivity index (χ4v) is 1.41. The minimum absolute atomic E-state index is 0.141. The van der Waals surface area contributed by atoms with Crippen LogP contribution >= 0.6 is 0 Å². The lowest BCUT2D eigenvalue weighted by Crippen LogP contribution is -1.97. The van der Waals surface area contributed by atoms with Gasteiger partial charge in [-0.05, 0) is 18.2 Å². The molecule has 90 valence electrons. The Labute approximate surface area is 104 Å². The molecule has 5 heteroatoms. The number of benzene rings is 1. The molecule has 1 aromatic heterocycles. The number of nitriles is 1. The molecule has 2 N–H and O–H groups in total. The van der Waals surface area contributed by atoms with Gasteiger partial charge < -0.3 is 15.2 Å². The molecule has 0 bridgehead atoms. The van der Waals surface area contributed by atoms with Gasteiger partial charge in [0.25, 0.3) is 0 Å². The molecule has 0 radical (unpaired) electrons. The van der Waals surface area contributed by atoms with Crippen molar-refractivity contribution in [1.82, 2.24) is 4.98 Å². The number of hydrogen-bond donors (Lipinski definition) is 1. The second kappa shape index (κ2) is 5.06. The summed E-state index contributed by atoms with van der Waals surface area (Å²) in [5.74, 6) is 1.42. The van der Waals surface area contributed by atoms with E-state index in [1.54, 1.807) is 31.4 Å². The smallest absolute Gasteiger partial charge is 0.220 e. The quantitative estimate of drug-likeness (QED) is 0.891. The van der Waals surface area contributed by atoms with Crippen LogP contribution in [-0.2, 0) is 0 Å². The molecular weight excluding hydrogens is 230 g/mol. The predicted octanol–water partition coefficient (Wildman–Crippen LogP) is 2.34. The van der Waals surface area contributed by atoms with E-state index >= 15 is 0 Å². The normalized spacial score (nSPS) is 9.56. The second-order valence-corrected chi connectivity index (χ2v) is 3.45. The predicted molar refractivity (Wildman–Crippen MR) is 66.4 cm³/mol. The van der Waals surface area contributed by atoms with E-state index < -0.39 is 0 Å². The number of anilines is 1. The van der Waals surface area contributed by atoms with Crippen LogP contribution < -0.4 is 15.2 Å². The summed E-state index contributed by atoms with van der Waals surface area (Å²) in [4.78, 5) is 4.00. The zero-order valence-corrected chi connectivity index (χ0v) is 9.75. The molecule has 2 rings (SSSR count). The van der Waals surface area contributed by atoms with Crippen LogP contribution in [0.3, 0.4) is 0 Å². The monoisotopic (exact) mass is 241 g/mol. The number of nitrogens with two attached hydrogens (primary N) is 1. The first kappa shape index (κ1) is 11.7. The third kappa shape index (κ3) is 2.33. The highest BCUT2D eigenvalue weighted by atomic mass is 16.5. The van der Waals surface area contributed by atoms with Crippen LogP contribution in [0.15, 0.2) is 36.4 Å². The summed E-state index contributed by atoms with van der Waals surface area (Å²) >= 11 is 0. The Kier molecular flexibility index (Phi) is 3.30. The summed E-state index contributed by atoms with van der Waals surface area (Å²) in [6.45, 7) is 0. The maximum Gasteiger partial charge on any atom is 0.220 e. The van der Waals surface area contributed by atoms with Gasteiger partial charge in [0.05, 0.1) is 12.8 Å². The molecular formula is C13H11N3O2. The van der Waals surface area contributed by atoms with Crippen molar-refractivity contribution < 1.29 is 9.47 Å². The van der Waals surface area contributed by atoms with Crippen molar-refractivity contribution in [2.24, 2.45) is 0 Å². The van der Waals surface area contributed by atoms with Crippen molar-refractivity contribution in [2.75, 3.05) is 12.8 Å². The summed E-state index contributed by atoms with van der Waals surface area (Å²) in [5.41, 5.74) is 6.05. The molecule has 0 aliphatic rings. The molecule has 0 amide bonds. The van der Waals surface area contributed by atoms with Crippen molar-refractivity contribution in [3.63, 3.8) is 0 Å². The van der Waals surface area contributed by atoms with Crippen molar-refractivity contribution in [1.29, 1.82) is 5.26 Å². The Hall–Kier alpha value is -2.74. The summed E-state index contributed by atoms with van der Waals surface area (Å²) in [5, 5.41) is 8.84. The lowest BCUT2D eigenvalue weighted by Gasteiger charge is -2.09. The maximum absolute atomic E-state index is 8.84. The van der Waals surface area contributed by atoms with Crippen LogP contribution in [0.5, 0.6) is 17.4 Å². The van der Waals surface area contributed by atoms with Crippen LogP contribution in [0.4, 0.5) is 5.69 Å². The average Bonchev–Trinajstić information content (AvgIpc) is 2.41. The maximum atomic E-state index is 8.84. The molecule has 0 aliphatic heterocycles. The zero-order chi connectivity index (χ0) is 13.0. The third-order valence-electron chi connectivity index (χ3n) is 2.29. The number of pyridine rings is 1. The van der Waals surface area contributed by atoms with Crippen molar-refractivity contribution in [3.05, 3.63) is 42.1 Å². The minimum atomic E-state index is 0.141. The van der Waals surface area contributed by atoms with E-state index in [1.807, 2.05) is 18.2 Å². The van der Waals surface area contributed by atoms with Gasteiger partial charge in [0.15, 0.2) is 17.2 Å². The van der Waals surface area contributed by atoms with Gasteiger partial charge >= 0.3 is 0 Å². The number of aromatic nitrogens is 1. The number of para-hydroxylation sites is 2. The van der Waals surface area contributed by atoms with E-state index in [0.29, 0.717) is 23.1 Å². The van der Waals surface area contributed by atoms with Gasteiger partial charge in [-0.2, -0.15) is 5.26 Å². The third-order valence-corrected chi connectivity index (χ3v) is 2.29. The molecule has 0 unspecified atom stereocenters. The van der Waals surface area contributed by atoms with E-state index in [1.165, 1.54) is 0 Å². The van der Waals surface area contributed by atoms with Crippen LogP contribution in [0.2, 0.25) is 0 Å². The molecule has 5 nitrogen and oxygen atoms in total. The van der Waals surface area contributed by atoms with Crippen LogP contribution in [0.25, 0.3) is 0 Å². The standard InChI is InChI=1S/C13H11N3O2/c1-17-11-4-2-3-5-12(11)18-13-7-6-9(15)10(8-14)16-13/h2-7H,15H2,1H3.